The molecule has 3 heterocycles. The first-order chi connectivity index (χ1) is 14.2. The molecular formula is C24H27N3O2. The molecule has 1 saturated heterocycles. The Bertz CT molecular complexity index is 956. The van der Waals surface area contributed by atoms with Gasteiger partial charge in [0, 0.05) is 25.2 Å². The number of hydrogen-bond acceptors (Lipinski definition) is 3. The van der Waals surface area contributed by atoms with E-state index in [1.54, 1.807) is 0 Å². The normalized spacial score (nSPS) is 29.4. The molecule has 1 aromatic carbocycles. The van der Waals surface area contributed by atoms with Crippen LogP contribution in [0.2, 0.25) is 0 Å². The quantitative estimate of drug-likeness (QED) is 0.739. The predicted molar refractivity (Wildman–Crippen MR) is 110 cm³/mol. The lowest BCUT2D eigenvalue weighted by atomic mass is 9.83. The van der Waals surface area contributed by atoms with Gasteiger partial charge in [0.15, 0.2) is 0 Å². The lowest BCUT2D eigenvalue weighted by Gasteiger charge is -2.43. The number of rotatable bonds is 2. The number of amides is 1. The second kappa shape index (κ2) is 6.56. The molecule has 150 valence electrons. The van der Waals surface area contributed by atoms with E-state index in [4.69, 9.17) is 9.84 Å². The lowest BCUT2D eigenvalue weighted by Crippen LogP contribution is -2.50. The third-order valence-corrected chi connectivity index (χ3v) is 7.47. The number of benzene rings is 1. The van der Waals surface area contributed by atoms with Gasteiger partial charge in [-0.05, 0) is 61.6 Å². The van der Waals surface area contributed by atoms with Crippen LogP contribution in [0.4, 0.5) is 0 Å². The molecule has 0 N–H and O–H groups in total. The van der Waals surface area contributed by atoms with E-state index < -0.39 is 0 Å². The Kier molecular flexibility index (Phi) is 3.95. The minimum absolute atomic E-state index is 0.208. The van der Waals surface area contributed by atoms with Crippen LogP contribution in [0.3, 0.4) is 0 Å². The molecular weight excluding hydrogens is 362 g/mol. The molecule has 29 heavy (non-hydrogen) atoms. The van der Waals surface area contributed by atoms with E-state index in [1.165, 1.54) is 12.0 Å². The fraction of sp³-hybridized carbons (Fsp3) is 0.500. The zero-order chi connectivity index (χ0) is 19.4. The van der Waals surface area contributed by atoms with Crippen molar-refractivity contribution in [3.63, 3.8) is 0 Å². The topological polar surface area (TPSA) is 47.4 Å². The zero-order valence-electron chi connectivity index (χ0n) is 16.7. The second-order valence-corrected chi connectivity index (χ2v) is 9.09. The molecule has 2 fully saturated rings. The summed E-state index contributed by atoms with van der Waals surface area (Å²) < 4.78 is 8.35. The molecule has 2 aliphatic carbocycles. The van der Waals surface area contributed by atoms with Crippen LogP contribution in [0.25, 0.3) is 5.69 Å². The summed E-state index contributed by atoms with van der Waals surface area (Å²) in [4.78, 5) is 15.2. The van der Waals surface area contributed by atoms with Crippen molar-refractivity contribution in [3.8, 4) is 5.69 Å². The number of fused-ring (bicyclic) bond motifs is 4. The first-order valence-electron chi connectivity index (χ1n) is 11.0. The molecule has 5 heteroatoms. The van der Waals surface area contributed by atoms with Gasteiger partial charge < -0.3 is 9.64 Å². The van der Waals surface area contributed by atoms with E-state index in [9.17, 15) is 4.79 Å². The molecule has 0 radical (unpaired) electrons. The summed E-state index contributed by atoms with van der Waals surface area (Å²) in [6, 6.07) is 10.3. The highest BCUT2D eigenvalue weighted by Crippen LogP contribution is 2.46. The van der Waals surface area contributed by atoms with Gasteiger partial charge in [0.1, 0.15) is 5.60 Å². The average Bonchev–Trinajstić information content (AvgIpc) is 3.51. The van der Waals surface area contributed by atoms with Crippen LogP contribution >= 0.6 is 0 Å². The van der Waals surface area contributed by atoms with E-state index in [-0.39, 0.29) is 11.5 Å². The largest absolute Gasteiger partial charge is 0.368 e. The Hall–Kier alpha value is -2.40. The van der Waals surface area contributed by atoms with Crippen LogP contribution in [-0.4, -0.2) is 40.3 Å². The highest BCUT2D eigenvalue weighted by Gasteiger charge is 2.47. The molecule has 1 saturated carbocycles. The average molecular weight is 389 g/mol. The van der Waals surface area contributed by atoms with Crippen LogP contribution < -0.4 is 0 Å². The Morgan fingerprint density at radius 1 is 1.10 bits per heavy atom. The molecule has 1 amide bonds. The van der Waals surface area contributed by atoms with Gasteiger partial charge in [-0.3, -0.25) is 4.79 Å². The molecule has 5 nitrogen and oxygen atoms in total. The number of hydrogen-bond donors (Lipinski definition) is 0. The minimum Gasteiger partial charge on any atom is -0.368 e. The summed E-state index contributed by atoms with van der Waals surface area (Å²) in [6.07, 6.45) is 11.6. The third kappa shape index (κ3) is 2.78. The second-order valence-electron chi connectivity index (χ2n) is 9.09. The number of likely N-dealkylation sites (tertiary alicyclic amines) is 1. The van der Waals surface area contributed by atoms with Gasteiger partial charge in [-0.1, -0.05) is 30.4 Å². The minimum atomic E-state index is -0.334. The van der Waals surface area contributed by atoms with E-state index in [1.807, 2.05) is 22.9 Å². The van der Waals surface area contributed by atoms with E-state index >= 15 is 0 Å². The fourth-order valence-corrected chi connectivity index (χ4v) is 5.88. The summed E-state index contributed by atoms with van der Waals surface area (Å²) in [5, 5.41) is 4.96. The number of para-hydroxylation sites is 1. The molecule has 1 spiro atoms. The number of allylic oxidation sites excluding steroid dienone is 2. The molecule has 4 aliphatic rings. The predicted octanol–water partition coefficient (Wildman–Crippen LogP) is 3.47. The number of nitrogens with zero attached hydrogens (tertiary/aromatic N) is 3. The van der Waals surface area contributed by atoms with E-state index in [0.717, 1.165) is 56.8 Å². The first-order valence-corrected chi connectivity index (χ1v) is 11.0. The number of aromatic nitrogens is 2. The van der Waals surface area contributed by atoms with Gasteiger partial charge in [-0.15, -0.1) is 0 Å². The SMILES string of the molecule is O=C([C@H]1C[C@@H]2C=C[C@H]1C2)N1CCC2(CC1)OCCc1cn(-c3ccccc3)nc12. The van der Waals surface area contributed by atoms with Crippen molar-refractivity contribution in [1.29, 1.82) is 0 Å². The van der Waals surface area contributed by atoms with Crippen molar-refractivity contribution in [2.75, 3.05) is 19.7 Å². The number of carbonyl (C=O) groups is 1. The van der Waals surface area contributed by atoms with Gasteiger partial charge in [0.25, 0.3) is 0 Å². The summed E-state index contributed by atoms with van der Waals surface area (Å²) in [7, 11) is 0. The van der Waals surface area contributed by atoms with Crippen LogP contribution in [0, 0.1) is 17.8 Å². The Morgan fingerprint density at radius 2 is 1.93 bits per heavy atom. The van der Waals surface area contributed by atoms with Gasteiger partial charge in [-0.2, -0.15) is 5.10 Å². The maximum Gasteiger partial charge on any atom is 0.226 e. The smallest absolute Gasteiger partial charge is 0.226 e. The third-order valence-electron chi connectivity index (χ3n) is 7.47. The van der Waals surface area contributed by atoms with Crippen LogP contribution in [-0.2, 0) is 21.6 Å². The lowest BCUT2D eigenvalue weighted by molar-refractivity contribution is -0.145. The van der Waals surface area contributed by atoms with Gasteiger partial charge in [0.05, 0.1) is 18.0 Å². The summed E-state index contributed by atoms with van der Waals surface area (Å²) in [5.74, 6) is 1.68. The number of carbonyl (C=O) groups excluding carboxylic acids is 1. The number of ether oxygens (including phenoxy) is 1. The highest BCUT2D eigenvalue weighted by molar-refractivity contribution is 5.80. The monoisotopic (exact) mass is 389 g/mol. The molecule has 3 atom stereocenters. The summed E-state index contributed by atoms with van der Waals surface area (Å²) >= 11 is 0. The Balaban J connectivity index is 1.21. The van der Waals surface area contributed by atoms with Crippen molar-refractivity contribution in [1.82, 2.24) is 14.7 Å². The van der Waals surface area contributed by atoms with Gasteiger partial charge >= 0.3 is 0 Å². The van der Waals surface area contributed by atoms with Crippen LogP contribution in [0.15, 0.2) is 48.7 Å². The van der Waals surface area contributed by atoms with Crippen molar-refractivity contribution in [2.24, 2.45) is 17.8 Å². The van der Waals surface area contributed by atoms with Crippen LogP contribution in [0.5, 0.6) is 0 Å². The van der Waals surface area contributed by atoms with E-state index in [2.05, 4.69) is 35.4 Å². The molecule has 2 bridgehead atoms. The van der Waals surface area contributed by atoms with Gasteiger partial charge in [-0.25, -0.2) is 4.68 Å². The molecule has 2 aromatic rings. The Morgan fingerprint density at radius 3 is 2.66 bits per heavy atom. The number of piperidine rings is 1. The first kappa shape index (κ1) is 17.5. The van der Waals surface area contributed by atoms with Crippen molar-refractivity contribution in [3.05, 3.63) is 59.9 Å². The summed E-state index contributed by atoms with van der Waals surface area (Å²) in [6.45, 7) is 2.28. The van der Waals surface area contributed by atoms with Gasteiger partial charge in [0.2, 0.25) is 5.91 Å². The standard InChI is InChI=1S/C24H27N3O2/c28-23(21-15-17-6-7-18(21)14-17)26-11-9-24(10-12-26)22-19(8-13-29-24)16-27(25-22)20-4-2-1-3-5-20/h1-7,16-18,21H,8-15H2/t17-,18+,21+/m1/s1. The van der Waals surface area contributed by atoms with Crippen LogP contribution in [0.1, 0.15) is 36.9 Å². The zero-order valence-corrected chi connectivity index (χ0v) is 16.7. The van der Waals surface area contributed by atoms with Crippen molar-refractivity contribution >= 4 is 5.91 Å². The molecule has 1 aromatic heterocycles. The Labute approximate surface area is 171 Å². The van der Waals surface area contributed by atoms with Crippen molar-refractivity contribution in [2.45, 2.75) is 37.7 Å². The van der Waals surface area contributed by atoms with E-state index in [0.29, 0.717) is 17.7 Å². The molecule has 2 aliphatic heterocycles. The fourth-order valence-electron chi connectivity index (χ4n) is 5.88. The maximum atomic E-state index is 13.1. The maximum absolute atomic E-state index is 13.1. The van der Waals surface area contributed by atoms with Crippen molar-refractivity contribution < 1.29 is 9.53 Å². The molecule has 6 rings (SSSR count). The molecule has 0 unspecified atom stereocenters. The highest BCUT2D eigenvalue weighted by atomic mass is 16.5. The summed E-state index contributed by atoms with van der Waals surface area (Å²) in [5.41, 5.74) is 3.12.